The molecule has 2 fully saturated rings. The van der Waals surface area contributed by atoms with Crippen molar-refractivity contribution in [2.45, 2.75) is 18.6 Å². The van der Waals surface area contributed by atoms with E-state index in [2.05, 4.69) is 33.3 Å². The standard InChI is InChI=1S/C27H31N3O3/c1-32-25-9-5-4-8-23(25)29-14-16-30(17-15-29)24-12-13-28-19-26(24)33-27(31)22-11-10-20-6-2-3-7-21(20)18-22/h2-11,18,24,26,28H,12-17,19H2,1H3/t24?,26-/m1/s1. The third-order valence-corrected chi connectivity index (χ3v) is 6.84. The molecule has 2 heterocycles. The number of rotatable bonds is 5. The molecule has 0 radical (unpaired) electrons. The zero-order valence-corrected chi connectivity index (χ0v) is 19.1. The Morgan fingerprint density at radius 2 is 1.70 bits per heavy atom. The highest BCUT2D eigenvalue weighted by Gasteiger charge is 2.35. The van der Waals surface area contributed by atoms with Crippen molar-refractivity contribution in [3.8, 4) is 5.75 Å². The van der Waals surface area contributed by atoms with Gasteiger partial charge in [-0.15, -0.1) is 0 Å². The Balaban J connectivity index is 1.25. The first-order valence-electron chi connectivity index (χ1n) is 11.8. The topological polar surface area (TPSA) is 54.0 Å². The first-order chi connectivity index (χ1) is 16.2. The van der Waals surface area contributed by atoms with E-state index >= 15 is 0 Å². The van der Waals surface area contributed by atoms with Gasteiger partial charge in [-0.05, 0) is 48.0 Å². The molecule has 5 rings (SSSR count). The van der Waals surface area contributed by atoms with Crippen LogP contribution < -0.4 is 15.0 Å². The quantitative estimate of drug-likeness (QED) is 0.606. The molecule has 3 aromatic carbocycles. The van der Waals surface area contributed by atoms with E-state index in [0.717, 1.165) is 61.4 Å². The molecule has 2 aliphatic rings. The van der Waals surface area contributed by atoms with Crippen molar-refractivity contribution < 1.29 is 14.3 Å². The van der Waals surface area contributed by atoms with Crippen molar-refractivity contribution >= 4 is 22.4 Å². The maximum absolute atomic E-state index is 13.0. The van der Waals surface area contributed by atoms with E-state index in [1.165, 1.54) is 0 Å². The highest BCUT2D eigenvalue weighted by atomic mass is 16.5. The van der Waals surface area contributed by atoms with Crippen LogP contribution in [0.2, 0.25) is 0 Å². The van der Waals surface area contributed by atoms with Crippen LogP contribution in [0.25, 0.3) is 10.8 Å². The van der Waals surface area contributed by atoms with Crippen LogP contribution in [0, 0.1) is 0 Å². The molecule has 1 unspecified atom stereocenters. The molecule has 0 aliphatic carbocycles. The molecule has 0 bridgehead atoms. The number of piperazine rings is 1. The smallest absolute Gasteiger partial charge is 0.338 e. The van der Waals surface area contributed by atoms with E-state index in [1.54, 1.807) is 7.11 Å². The normalized spacial score (nSPS) is 21.7. The lowest BCUT2D eigenvalue weighted by atomic mass is 10.00. The van der Waals surface area contributed by atoms with Crippen LogP contribution in [0.5, 0.6) is 5.75 Å². The molecule has 1 N–H and O–H groups in total. The third-order valence-electron chi connectivity index (χ3n) is 6.84. The summed E-state index contributed by atoms with van der Waals surface area (Å²) in [7, 11) is 1.72. The second kappa shape index (κ2) is 9.81. The molecule has 6 heteroatoms. The van der Waals surface area contributed by atoms with E-state index < -0.39 is 0 Å². The molecule has 2 aliphatic heterocycles. The number of fused-ring (bicyclic) bond motifs is 1. The Labute approximate surface area is 195 Å². The number of piperidine rings is 1. The van der Waals surface area contributed by atoms with Gasteiger partial charge >= 0.3 is 5.97 Å². The molecule has 0 saturated carbocycles. The highest BCUT2D eigenvalue weighted by molar-refractivity contribution is 5.95. The van der Waals surface area contributed by atoms with Crippen LogP contribution in [0.3, 0.4) is 0 Å². The number of hydrogen-bond acceptors (Lipinski definition) is 6. The second-order valence-electron chi connectivity index (χ2n) is 8.76. The average Bonchev–Trinajstić information content (AvgIpc) is 2.89. The lowest BCUT2D eigenvalue weighted by molar-refractivity contribution is -0.0131. The van der Waals surface area contributed by atoms with E-state index in [4.69, 9.17) is 9.47 Å². The van der Waals surface area contributed by atoms with Crippen LogP contribution in [0.15, 0.2) is 66.7 Å². The monoisotopic (exact) mass is 445 g/mol. The van der Waals surface area contributed by atoms with Crippen molar-refractivity contribution in [3.63, 3.8) is 0 Å². The van der Waals surface area contributed by atoms with Gasteiger partial charge in [-0.2, -0.15) is 0 Å². The van der Waals surface area contributed by atoms with Gasteiger partial charge in [0.25, 0.3) is 0 Å². The van der Waals surface area contributed by atoms with Gasteiger partial charge in [0.05, 0.1) is 18.4 Å². The number of ether oxygens (including phenoxy) is 2. The molecule has 2 atom stereocenters. The largest absolute Gasteiger partial charge is 0.495 e. The number of hydrogen-bond donors (Lipinski definition) is 1. The average molecular weight is 446 g/mol. The van der Waals surface area contributed by atoms with Crippen LogP contribution in [-0.2, 0) is 4.74 Å². The fraction of sp³-hybridized carbons (Fsp3) is 0.370. The molecular weight excluding hydrogens is 414 g/mol. The molecule has 0 amide bonds. The predicted molar refractivity (Wildman–Crippen MR) is 131 cm³/mol. The van der Waals surface area contributed by atoms with Gasteiger partial charge in [0.1, 0.15) is 11.9 Å². The maximum Gasteiger partial charge on any atom is 0.338 e. The minimum atomic E-state index is -0.243. The lowest BCUT2D eigenvalue weighted by Crippen LogP contribution is -2.59. The zero-order valence-electron chi connectivity index (χ0n) is 19.1. The summed E-state index contributed by atoms with van der Waals surface area (Å²) in [6, 6.07) is 22.3. The minimum Gasteiger partial charge on any atom is -0.495 e. The number of nitrogens with zero attached hydrogens (tertiary/aromatic N) is 2. The number of carbonyl (C=O) groups is 1. The van der Waals surface area contributed by atoms with Crippen LogP contribution in [0.1, 0.15) is 16.8 Å². The van der Waals surface area contributed by atoms with Gasteiger partial charge < -0.3 is 19.7 Å². The fourth-order valence-corrected chi connectivity index (χ4v) is 5.06. The first-order valence-corrected chi connectivity index (χ1v) is 11.8. The second-order valence-corrected chi connectivity index (χ2v) is 8.76. The number of esters is 1. The third kappa shape index (κ3) is 4.68. The lowest BCUT2D eigenvalue weighted by Gasteiger charge is -2.44. The van der Waals surface area contributed by atoms with Crippen molar-refractivity contribution in [1.82, 2.24) is 10.2 Å². The van der Waals surface area contributed by atoms with Gasteiger partial charge in [-0.1, -0.05) is 42.5 Å². The molecule has 0 aromatic heterocycles. The maximum atomic E-state index is 13.0. The number of nitrogens with one attached hydrogen (secondary N) is 1. The van der Waals surface area contributed by atoms with Crippen molar-refractivity contribution in [1.29, 1.82) is 0 Å². The number of methoxy groups -OCH3 is 1. The first kappa shape index (κ1) is 21.7. The SMILES string of the molecule is COc1ccccc1N1CCN(C2CCNC[C@H]2OC(=O)c2ccc3ccccc3c2)CC1. The zero-order chi connectivity index (χ0) is 22.6. The van der Waals surface area contributed by atoms with Crippen molar-refractivity contribution in [3.05, 3.63) is 72.3 Å². The Bertz CT molecular complexity index is 1110. The van der Waals surface area contributed by atoms with E-state index in [0.29, 0.717) is 12.1 Å². The Morgan fingerprint density at radius 1 is 0.939 bits per heavy atom. The Morgan fingerprint density at radius 3 is 2.52 bits per heavy atom. The van der Waals surface area contributed by atoms with Gasteiger partial charge in [-0.25, -0.2) is 4.79 Å². The van der Waals surface area contributed by atoms with Gasteiger partial charge in [-0.3, -0.25) is 4.90 Å². The molecular formula is C27H31N3O3. The minimum absolute atomic E-state index is 0.157. The summed E-state index contributed by atoms with van der Waals surface area (Å²) in [6.07, 6.45) is 0.820. The molecule has 2 saturated heterocycles. The van der Waals surface area contributed by atoms with Crippen LogP contribution >= 0.6 is 0 Å². The summed E-state index contributed by atoms with van der Waals surface area (Å²) >= 11 is 0. The van der Waals surface area contributed by atoms with E-state index in [1.807, 2.05) is 48.5 Å². The van der Waals surface area contributed by atoms with Crippen molar-refractivity contribution in [2.24, 2.45) is 0 Å². The van der Waals surface area contributed by atoms with Gasteiger partial charge in [0.15, 0.2) is 0 Å². The highest BCUT2D eigenvalue weighted by Crippen LogP contribution is 2.29. The molecule has 172 valence electrons. The molecule has 33 heavy (non-hydrogen) atoms. The van der Waals surface area contributed by atoms with Gasteiger partial charge in [0.2, 0.25) is 0 Å². The van der Waals surface area contributed by atoms with E-state index in [-0.39, 0.29) is 18.1 Å². The summed E-state index contributed by atoms with van der Waals surface area (Å²) in [5.74, 6) is 0.669. The van der Waals surface area contributed by atoms with Crippen LogP contribution in [-0.4, -0.2) is 69.4 Å². The summed E-state index contributed by atoms with van der Waals surface area (Å²) in [6.45, 7) is 5.36. The molecule has 0 spiro atoms. The summed E-state index contributed by atoms with van der Waals surface area (Å²) in [5, 5.41) is 5.59. The predicted octanol–water partition coefficient (Wildman–Crippen LogP) is 3.56. The fourth-order valence-electron chi connectivity index (χ4n) is 5.06. The van der Waals surface area contributed by atoms with E-state index in [9.17, 15) is 4.79 Å². The number of anilines is 1. The van der Waals surface area contributed by atoms with Gasteiger partial charge in [0, 0.05) is 38.8 Å². The summed E-state index contributed by atoms with van der Waals surface area (Å²) in [5.41, 5.74) is 1.75. The molecule has 6 nitrogen and oxygen atoms in total. The molecule has 3 aromatic rings. The Hall–Kier alpha value is -3.09. The number of para-hydroxylation sites is 2. The summed E-state index contributed by atoms with van der Waals surface area (Å²) in [4.78, 5) is 17.9. The van der Waals surface area contributed by atoms with Crippen LogP contribution in [0.4, 0.5) is 5.69 Å². The summed E-state index contributed by atoms with van der Waals surface area (Å²) < 4.78 is 11.6. The number of carbonyl (C=O) groups excluding carboxylic acids is 1. The van der Waals surface area contributed by atoms with Crippen molar-refractivity contribution in [2.75, 3.05) is 51.3 Å². The number of benzene rings is 3. The Kier molecular flexibility index (Phi) is 6.46.